The van der Waals surface area contributed by atoms with Crippen LogP contribution in [0.15, 0.2) is 10.9 Å². The summed E-state index contributed by atoms with van der Waals surface area (Å²) in [5.74, 6) is 0.714. The Labute approximate surface area is 76.5 Å². The van der Waals surface area contributed by atoms with E-state index >= 15 is 0 Å². The van der Waals surface area contributed by atoms with E-state index in [2.05, 4.69) is 20.0 Å². The summed E-state index contributed by atoms with van der Waals surface area (Å²) in [6.07, 6.45) is 3.48. The van der Waals surface area contributed by atoms with Crippen molar-refractivity contribution in [2.45, 2.75) is 25.4 Å². The van der Waals surface area contributed by atoms with Crippen LogP contribution in [0.2, 0.25) is 0 Å². The molecule has 1 aromatic heterocycles. The van der Waals surface area contributed by atoms with Crippen LogP contribution in [-0.4, -0.2) is 29.4 Å². The molecule has 0 aromatic carbocycles. The van der Waals surface area contributed by atoms with Gasteiger partial charge in [-0.1, -0.05) is 5.16 Å². The van der Waals surface area contributed by atoms with Gasteiger partial charge in [0.15, 0.2) is 5.82 Å². The normalized spacial score (nSPS) is 19.1. The first-order valence-electron chi connectivity index (χ1n) is 4.51. The average Bonchev–Trinajstić information content (AvgIpc) is 2.69. The molecule has 0 amide bonds. The topological polar surface area (TPSA) is 60.2 Å². The molecular formula is C8H13N3O2. The predicted octanol–water partition coefficient (Wildman–Crippen LogP) is 0.338. The van der Waals surface area contributed by atoms with Gasteiger partial charge in [-0.3, -0.25) is 0 Å². The monoisotopic (exact) mass is 183 g/mol. The van der Waals surface area contributed by atoms with Gasteiger partial charge < -0.3 is 14.6 Å². The van der Waals surface area contributed by atoms with E-state index < -0.39 is 0 Å². The van der Waals surface area contributed by atoms with E-state index in [1.54, 1.807) is 0 Å². The molecular weight excluding hydrogens is 170 g/mol. The second kappa shape index (κ2) is 4.34. The fourth-order valence-electron chi connectivity index (χ4n) is 1.41. The highest BCUT2D eigenvalue weighted by molar-refractivity contribution is 4.79. The van der Waals surface area contributed by atoms with Crippen molar-refractivity contribution in [1.82, 2.24) is 15.5 Å². The van der Waals surface area contributed by atoms with Gasteiger partial charge in [0.2, 0.25) is 6.39 Å². The van der Waals surface area contributed by atoms with Crippen molar-refractivity contribution < 1.29 is 9.26 Å². The summed E-state index contributed by atoms with van der Waals surface area (Å²) in [6, 6.07) is 0.534. The van der Waals surface area contributed by atoms with Crippen LogP contribution in [0.4, 0.5) is 0 Å². The summed E-state index contributed by atoms with van der Waals surface area (Å²) in [4.78, 5) is 3.93. The molecule has 1 fully saturated rings. The molecule has 1 aromatic rings. The van der Waals surface area contributed by atoms with Gasteiger partial charge in [-0.2, -0.15) is 4.98 Å². The number of ether oxygens (including phenoxy) is 1. The second-order valence-corrected chi connectivity index (χ2v) is 3.11. The van der Waals surface area contributed by atoms with Crippen LogP contribution in [0.5, 0.6) is 0 Å². The molecule has 1 aliphatic heterocycles. The molecule has 0 bridgehead atoms. The summed E-state index contributed by atoms with van der Waals surface area (Å²) in [5.41, 5.74) is 0. The van der Waals surface area contributed by atoms with Gasteiger partial charge in [-0.05, 0) is 12.8 Å². The van der Waals surface area contributed by atoms with Gasteiger partial charge in [0, 0.05) is 19.3 Å². The standard InChI is InChI=1S/C8H13N3O2/c1-3-12-4-2-7(1)9-5-8-10-6-13-11-8/h6-7,9H,1-5H2. The Balaban J connectivity index is 1.72. The molecule has 0 unspecified atom stereocenters. The first-order chi connectivity index (χ1) is 6.45. The number of nitrogens with zero attached hydrogens (tertiary/aromatic N) is 2. The summed E-state index contributed by atoms with van der Waals surface area (Å²) < 4.78 is 9.88. The summed E-state index contributed by atoms with van der Waals surface area (Å²) in [6.45, 7) is 2.38. The van der Waals surface area contributed by atoms with Crippen molar-refractivity contribution >= 4 is 0 Å². The summed E-state index contributed by atoms with van der Waals surface area (Å²) in [5, 5.41) is 7.08. The molecule has 0 aliphatic carbocycles. The third-order valence-electron chi connectivity index (χ3n) is 2.18. The minimum absolute atomic E-state index is 0.534. The van der Waals surface area contributed by atoms with E-state index in [4.69, 9.17) is 4.74 Å². The molecule has 1 saturated heterocycles. The molecule has 0 saturated carbocycles. The number of aromatic nitrogens is 2. The van der Waals surface area contributed by atoms with E-state index in [9.17, 15) is 0 Å². The number of hydrogen-bond acceptors (Lipinski definition) is 5. The Morgan fingerprint density at radius 2 is 2.31 bits per heavy atom. The van der Waals surface area contributed by atoms with Crippen LogP contribution >= 0.6 is 0 Å². The maximum absolute atomic E-state index is 5.25. The Morgan fingerprint density at radius 3 is 3.00 bits per heavy atom. The largest absolute Gasteiger partial charge is 0.381 e. The van der Waals surface area contributed by atoms with Gasteiger partial charge in [-0.15, -0.1) is 0 Å². The number of rotatable bonds is 3. The molecule has 0 radical (unpaired) electrons. The second-order valence-electron chi connectivity index (χ2n) is 3.11. The quantitative estimate of drug-likeness (QED) is 0.732. The van der Waals surface area contributed by atoms with Gasteiger partial charge in [0.25, 0.3) is 0 Å². The van der Waals surface area contributed by atoms with Crippen LogP contribution in [0.25, 0.3) is 0 Å². The summed E-state index contributed by atoms with van der Waals surface area (Å²) in [7, 11) is 0. The van der Waals surface area contributed by atoms with Crippen LogP contribution < -0.4 is 5.32 Å². The Morgan fingerprint density at radius 1 is 1.46 bits per heavy atom. The Bertz CT molecular complexity index is 232. The zero-order chi connectivity index (χ0) is 8.93. The lowest BCUT2D eigenvalue weighted by molar-refractivity contribution is 0.0774. The van der Waals surface area contributed by atoms with Crippen molar-refractivity contribution in [2.24, 2.45) is 0 Å². The molecule has 1 N–H and O–H groups in total. The molecule has 1 aliphatic rings. The lowest BCUT2D eigenvalue weighted by atomic mass is 10.1. The van der Waals surface area contributed by atoms with Gasteiger partial charge in [-0.25, -0.2) is 0 Å². The predicted molar refractivity (Wildman–Crippen MR) is 45.0 cm³/mol. The first kappa shape index (κ1) is 8.65. The maximum atomic E-state index is 5.25. The van der Waals surface area contributed by atoms with Crippen molar-refractivity contribution in [3.05, 3.63) is 12.2 Å². The zero-order valence-corrected chi connectivity index (χ0v) is 7.40. The molecule has 2 rings (SSSR count). The molecule has 2 heterocycles. The third-order valence-corrected chi connectivity index (χ3v) is 2.18. The van der Waals surface area contributed by atoms with Crippen LogP contribution in [0.3, 0.4) is 0 Å². The molecule has 13 heavy (non-hydrogen) atoms. The van der Waals surface area contributed by atoms with Crippen molar-refractivity contribution in [3.63, 3.8) is 0 Å². The van der Waals surface area contributed by atoms with Crippen LogP contribution in [-0.2, 0) is 11.3 Å². The average molecular weight is 183 g/mol. The number of hydrogen-bond donors (Lipinski definition) is 1. The first-order valence-corrected chi connectivity index (χ1v) is 4.51. The van der Waals surface area contributed by atoms with E-state index in [0.717, 1.165) is 26.1 Å². The Hall–Kier alpha value is -0.940. The highest BCUT2D eigenvalue weighted by Crippen LogP contribution is 2.06. The van der Waals surface area contributed by atoms with Crippen molar-refractivity contribution in [1.29, 1.82) is 0 Å². The van der Waals surface area contributed by atoms with Crippen molar-refractivity contribution in [3.8, 4) is 0 Å². The van der Waals surface area contributed by atoms with E-state index in [1.165, 1.54) is 6.39 Å². The molecule has 5 nitrogen and oxygen atoms in total. The minimum atomic E-state index is 0.534. The fraction of sp³-hybridized carbons (Fsp3) is 0.750. The van der Waals surface area contributed by atoms with Gasteiger partial charge in [0.05, 0.1) is 6.54 Å². The maximum Gasteiger partial charge on any atom is 0.213 e. The van der Waals surface area contributed by atoms with Gasteiger partial charge in [0.1, 0.15) is 0 Å². The van der Waals surface area contributed by atoms with E-state index in [0.29, 0.717) is 18.4 Å². The number of nitrogens with one attached hydrogen (secondary N) is 1. The third kappa shape index (κ3) is 2.50. The Kier molecular flexibility index (Phi) is 2.89. The smallest absolute Gasteiger partial charge is 0.213 e. The minimum Gasteiger partial charge on any atom is -0.381 e. The zero-order valence-electron chi connectivity index (χ0n) is 7.40. The lowest BCUT2D eigenvalue weighted by Crippen LogP contribution is -2.34. The molecule has 0 spiro atoms. The summed E-state index contributed by atoms with van der Waals surface area (Å²) >= 11 is 0. The highest BCUT2D eigenvalue weighted by Gasteiger charge is 2.13. The molecule has 0 atom stereocenters. The SMILES string of the molecule is c1nc(CNC2CCOCC2)no1. The van der Waals surface area contributed by atoms with E-state index in [-0.39, 0.29) is 0 Å². The van der Waals surface area contributed by atoms with Crippen molar-refractivity contribution in [2.75, 3.05) is 13.2 Å². The lowest BCUT2D eigenvalue weighted by Gasteiger charge is -2.22. The fourth-order valence-corrected chi connectivity index (χ4v) is 1.41. The molecule has 72 valence electrons. The van der Waals surface area contributed by atoms with Crippen LogP contribution in [0, 0.1) is 0 Å². The highest BCUT2D eigenvalue weighted by atomic mass is 16.5. The van der Waals surface area contributed by atoms with Gasteiger partial charge >= 0.3 is 0 Å². The van der Waals surface area contributed by atoms with Crippen LogP contribution in [0.1, 0.15) is 18.7 Å². The molecule has 5 heteroatoms. The van der Waals surface area contributed by atoms with E-state index in [1.807, 2.05) is 0 Å².